The van der Waals surface area contributed by atoms with Gasteiger partial charge in [-0.05, 0) is 28.8 Å². The van der Waals surface area contributed by atoms with E-state index in [9.17, 15) is 13.2 Å². The topological polar surface area (TPSA) is 9.23 Å². The first-order chi connectivity index (χ1) is 9.14. The van der Waals surface area contributed by atoms with Gasteiger partial charge >= 0.3 is 0 Å². The van der Waals surface area contributed by atoms with Gasteiger partial charge in [-0.1, -0.05) is 41.5 Å². The molecule has 1 rings (SSSR count). The van der Waals surface area contributed by atoms with Crippen LogP contribution in [0.3, 0.4) is 0 Å². The summed E-state index contributed by atoms with van der Waals surface area (Å²) < 4.78 is 46.2. The lowest BCUT2D eigenvalue weighted by atomic mass is 10.3. The molecule has 114 valence electrons. The Morgan fingerprint density at radius 1 is 0.800 bits per heavy atom. The van der Waals surface area contributed by atoms with E-state index < -0.39 is 25.8 Å². The van der Waals surface area contributed by atoms with Gasteiger partial charge in [-0.25, -0.2) is 8.78 Å². The molecule has 0 unspecified atom stereocenters. The van der Waals surface area contributed by atoms with Gasteiger partial charge in [-0.3, -0.25) is 0 Å². The number of hydrogen-bond donors (Lipinski definition) is 0. The van der Waals surface area contributed by atoms with E-state index in [1.165, 1.54) is 6.07 Å². The van der Waals surface area contributed by atoms with Crippen molar-refractivity contribution in [2.24, 2.45) is 0 Å². The molecule has 0 heterocycles. The van der Waals surface area contributed by atoms with E-state index in [0.29, 0.717) is 0 Å². The molecule has 0 saturated heterocycles. The van der Waals surface area contributed by atoms with Gasteiger partial charge in [0.1, 0.15) is 5.75 Å². The zero-order valence-corrected chi connectivity index (χ0v) is 13.9. The van der Waals surface area contributed by atoms with Crippen molar-refractivity contribution in [1.29, 1.82) is 0 Å². The lowest BCUT2D eigenvalue weighted by molar-refractivity contribution is 0.399. The molecule has 0 radical (unpaired) electrons. The van der Waals surface area contributed by atoms with Gasteiger partial charge in [-0.15, -0.1) is 0 Å². The van der Waals surface area contributed by atoms with Crippen molar-refractivity contribution in [3.8, 4) is 5.75 Å². The highest BCUT2D eigenvalue weighted by atomic mass is 28.4. The highest BCUT2D eigenvalue weighted by Crippen LogP contribution is 2.43. The Morgan fingerprint density at radius 2 is 1.25 bits per heavy atom. The Hall–Kier alpha value is -0.973. The molecule has 0 aliphatic carbocycles. The number of halogens is 3. The van der Waals surface area contributed by atoms with E-state index in [4.69, 9.17) is 4.43 Å². The average Bonchev–Trinajstić information content (AvgIpc) is 2.34. The van der Waals surface area contributed by atoms with Crippen molar-refractivity contribution >= 4 is 8.32 Å². The minimum absolute atomic E-state index is 0.174. The fraction of sp³-hybridized carbons (Fsp3) is 0.600. The summed E-state index contributed by atoms with van der Waals surface area (Å²) in [6.07, 6.45) is 0. The summed E-state index contributed by atoms with van der Waals surface area (Å²) >= 11 is 0. The van der Waals surface area contributed by atoms with Crippen LogP contribution in [0, 0.1) is 17.5 Å². The van der Waals surface area contributed by atoms with E-state index >= 15 is 0 Å². The predicted molar refractivity (Wildman–Crippen MR) is 78.0 cm³/mol. The first kappa shape index (κ1) is 17.1. The summed E-state index contributed by atoms with van der Waals surface area (Å²) in [5, 5.41) is 0. The third kappa shape index (κ3) is 2.87. The normalized spacial score (nSPS) is 12.6. The summed E-state index contributed by atoms with van der Waals surface area (Å²) in [5.41, 5.74) is 0.694. The first-order valence-corrected chi connectivity index (χ1v) is 9.11. The van der Waals surface area contributed by atoms with Crippen molar-refractivity contribution in [1.82, 2.24) is 0 Å². The van der Waals surface area contributed by atoms with Crippen molar-refractivity contribution in [3.63, 3.8) is 0 Å². The second-order valence-electron chi connectivity index (χ2n) is 6.09. The first-order valence-electron chi connectivity index (χ1n) is 6.97. The fourth-order valence-electron chi connectivity index (χ4n) is 3.13. The molecule has 1 nitrogen and oxygen atoms in total. The minimum Gasteiger partial charge on any atom is -0.541 e. The molecule has 0 aromatic heterocycles. The van der Waals surface area contributed by atoms with Crippen LogP contribution < -0.4 is 4.43 Å². The molecule has 0 bridgehead atoms. The molecule has 0 atom stereocenters. The van der Waals surface area contributed by atoms with Gasteiger partial charge < -0.3 is 4.43 Å². The van der Waals surface area contributed by atoms with Gasteiger partial charge in [0.2, 0.25) is 5.82 Å². The van der Waals surface area contributed by atoms with Crippen LogP contribution in [0.2, 0.25) is 16.6 Å². The third-order valence-electron chi connectivity index (χ3n) is 3.99. The molecule has 1 aromatic rings. The van der Waals surface area contributed by atoms with Gasteiger partial charge in [-0.2, -0.15) is 4.39 Å². The predicted octanol–water partition coefficient (Wildman–Crippen LogP) is 5.66. The fourth-order valence-corrected chi connectivity index (χ4v) is 8.38. The van der Waals surface area contributed by atoms with Crippen LogP contribution in [0.4, 0.5) is 13.2 Å². The second kappa shape index (κ2) is 6.20. The summed E-state index contributed by atoms with van der Waals surface area (Å²) in [7, 11) is -2.37. The van der Waals surface area contributed by atoms with Crippen LogP contribution in [-0.2, 0) is 0 Å². The van der Waals surface area contributed by atoms with Crippen molar-refractivity contribution in [3.05, 3.63) is 29.6 Å². The summed E-state index contributed by atoms with van der Waals surface area (Å²) in [5.74, 6) is -4.07. The Kier molecular flexibility index (Phi) is 5.30. The molecule has 1 aromatic carbocycles. The maximum Gasteiger partial charge on any atom is 0.258 e. The van der Waals surface area contributed by atoms with Crippen LogP contribution in [0.5, 0.6) is 5.75 Å². The van der Waals surface area contributed by atoms with Crippen LogP contribution >= 0.6 is 0 Å². The van der Waals surface area contributed by atoms with Gasteiger partial charge in [0.05, 0.1) is 0 Å². The molecule has 0 aliphatic rings. The second-order valence-corrected chi connectivity index (χ2v) is 11.5. The van der Waals surface area contributed by atoms with Gasteiger partial charge in [0.15, 0.2) is 11.6 Å². The van der Waals surface area contributed by atoms with E-state index in [-0.39, 0.29) is 22.4 Å². The molecule has 0 amide bonds. The highest BCUT2D eigenvalue weighted by Gasteiger charge is 2.47. The molecule has 5 heteroatoms. The van der Waals surface area contributed by atoms with Crippen LogP contribution in [0.25, 0.3) is 0 Å². The summed E-state index contributed by atoms with van der Waals surface area (Å²) in [6.45, 7) is 12.3. The molecular formula is C15H23F3OSi. The van der Waals surface area contributed by atoms with Crippen molar-refractivity contribution < 1.29 is 17.6 Å². The average molecular weight is 304 g/mol. The van der Waals surface area contributed by atoms with E-state index in [1.54, 1.807) is 0 Å². The molecule has 20 heavy (non-hydrogen) atoms. The maximum absolute atomic E-state index is 13.9. The highest BCUT2D eigenvalue weighted by molar-refractivity contribution is 6.78. The third-order valence-corrected chi connectivity index (χ3v) is 9.98. The quantitative estimate of drug-likeness (QED) is 0.504. The molecule has 0 aliphatic heterocycles. The molecule has 0 fully saturated rings. The number of hydrogen-bond acceptors (Lipinski definition) is 1. The van der Waals surface area contributed by atoms with Gasteiger partial charge in [0.25, 0.3) is 8.32 Å². The number of rotatable bonds is 5. The Morgan fingerprint density at radius 3 is 1.65 bits per heavy atom. The van der Waals surface area contributed by atoms with Crippen molar-refractivity contribution in [2.45, 2.75) is 58.2 Å². The van der Waals surface area contributed by atoms with Crippen LogP contribution in [0.1, 0.15) is 41.5 Å². The molecule has 0 saturated carbocycles. The lowest BCUT2D eigenvalue weighted by Crippen LogP contribution is -2.50. The lowest BCUT2D eigenvalue weighted by Gasteiger charge is -2.42. The molecule has 0 N–H and O–H groups in total. The summed E-state index contributed by atoms with van der Waals surface area (Å²) in [4.78, 5) is 0. The Labute approximate surface area is 120 Å². The Balaban J connectivity index is 3.31. The van der Waals surface area contributed by atoms with E-state index in [1.807, 2.05) is 41.5 Å². The van der Waals surface area contributed by atoms with E-state index in [0.717, 1.165) is 6.07 Å². The Bertz CT molecular complexity index is 451. The number of benzene rings is 1. The van der Waals surface area contributed by atoms with Gasteiger partial charge in [0, 0.05) is 0 Å². The van der Waals surface area contributed by atoms with Crippen LogP contribution in [-0.4, -0.2) is 8.32 Å². The van der Waals surface area contributed by atoms with E-state index in [2.05, 4.69) is 0 Å². The monoisotopic (exact) mass is 304 g/mol. The van der Waals surface area contributed by atoms with Crippen LogP contribution in [0.15, 0.2) is 12.1 Å². The summed E-state index contributed by atoms with van der Waals surface area (Å²) in [6, 6.07) is 2.09. The zero-order valence-electron chi connectivity index (χ0n) is 12.9. The largest absolute Gasteiger partial charge is 0.541 e. The zero-order chi connectivity index (χ0) is 15.7. The smallest absolute Gasteiger partial charge is 0.258 e. The minimum atomic E-state index is -2.37. The molecule has 0 spiro atoms. The maximum atomic E-state index is 13.9. The molecular weight excluding hydrogens is 281 g/mol. The standard InChI is InChI=1S/C15H23F3OSi/c1-9(2)20(10(3)4,11(5)6)19-13-8-7-12(16)14(17)15(13)18/h7-11H,1-6H3. The SMILES string of the molecule is CC(C)[Si](Oc1ccc(F)c(F)c1F)(C(C)C)C(C)C. The van der Waals surface area contributed by atoms with Crippen molar-refractivity contribution in [2.75, 3.05) is 0 Å².